The Bertz CT molecular complexity index is 819. The Morgan fingerprint density at radius 2 is 2.00 bits per heavy atom. The second-order valence-corrected chi connectivity index (χ2v) is 7.84. The summed E-state index contributed by atoms with van der Waals surface area (Å²) in [5.74, 6) is -1.55. The predicted octanol–water partition coefficient (Wildman–Crippen LogP) is 4.35. The molecule has 2 aromatic rings. The van der Waals surface area contributed by atoms with Gasteiger partial charge in [-0.3, -0.25) is 4.90 Å². The molecule has 1 heterocycles. The van der Waals surface area contributed by atoms with Gasteiger partial charge in [0, 0.05) is 37.4 Å². The SMILES string of the molecule is CSc1cccc(CN2CCC(Oc3cc(C)ccc3F)(C(=O)O)CC2)c1. The average Bonchev–Trinajstić information content (AvgIpc) is 2.66. The van der Waals surface area contributed by atoms with Crippen LogP contribution in [0.2, 0.25) is 0 Å². The maximum Gasteiger partial charge on any atom is 0.348 e. The fourth-order valence-corrected chi connectivity index (χ4v) is 3.84. The molecule has 1 fully saturated rings. The van der Waals surface area contributed by atoms with Crippen molar-refractivity contribution in [2.75, 3.05) is 19.3 Å². The van der Waals surface area contributed by atoms with E-state index in [1.807, 2.05) is 19.2 Å². The summed E-state index contributed by atoms with van der Waals surface area (Å²) in [4.78, 5) is 15.4. The number of piperidine rings is 1. The molecule has 27 heavy (non-hydrogen) atoms. The molecular formula is C21H24FNO3S. The van der Waals surface area contributed by atoms with E-state index in [4.69, 9.17) is 4.74 Å². The number of halogens is 1. The predicted molar refractivity (Wildman–Crippen MR) is 105 cm³/mol. The van der Waals surface area contributed by atoms with Crippen LogP contribution >= 0.6 is 11.8 Å². The van der Waals surface area contributed by atoms with Crippen molar-refractivity contribution in [2.45, 2.75) is 36.8 Å². The number of benzene rings is 2. The standard InChI is InChI=1S/C21H24FNO3S/c1-15-6-7-18(22)19(12-15)26-21(20(24)25)8-10-23(11-9-21)14-16-4-3-5-17(13-16)27-2/h3-7,12-13H,8-11,14H2,1-2H3,(H,24,25). The molecule has 3 rings (SSSR count). The van der Waals surface area contributed by atoms with Crippen LogP contribution < -0.4 is 4.74 Å². The molecule has 0 aliphatic carbocycles. The van der Waals surface area contributed by atoms with Crippen LogP contribution in [0.25, 0.3) is 0 Å². The van der Waals surface area contributed by atoms with Gasteiger partial charge in [-0.25, -0.2) is 9.18 Å². The third-order valence-corrected chi connectivity index (χ3v) is 5.71. The van der Waals surface area contributed by atoms with Crippen LogP contribution in [0, 0.1) is 12.7 Å². The van der Waals surface area contributed by atoms with Crippen molar-refractivity contribution < 1.29 is 19.0 Å². The first-order chi connectivity index (χ1) is 12.9. The number of carboxylic acid groups (broad SMARTS) is 1. The summed E-state index contributed by atoms with van der Waals surface area (Å²) in [6.45, 7) is 3.76. The molecule has 0 spiro atoms. The lowest BCUT2D eigenvalue weighted by Gasteiger charge is -2.39. The zero-order valence-corrected chi connectivity index (χ0v) is 16.4. The average molecular weight is 389 g/mol. The third-order valence-electron chi connectivity index (χ3n) is 4.99. The summed E-state index contributed by atoms with van der Waals surface area (Å²) < 4.78 is 19.8. The molecule has 1 aliphatic rings. The van der Waals surface area contributed by atoms with E-state index in [0.717, 1.165) is 12.1 Å². The molecule has 0 radical (unpaired) electrons. The first-order valence-corrected chi connectivity index (χ1v) is 10.2. The number of likely N-dealkylation sites (tertiary alicyclic amines) is 1. The Morgan fingerprint density at radius 1 is 1.26 bits per heavy atom. The van der Waals surface area contributed by atoms with Crippen LogP contribution in [-0.4, -0.2) is 40.9 Å². The quantitative estimate of drug-likeness (QED) is 0.744. The summed E-state index contributed by atoms with van der Waals surface area (Å²) in [6.07, 6.45) is 2.68. The maximum atomic E-state index is 14.1. The van der Waals surface area contributed by atoms with Gasteiger partial charge < -0.3 is 9.84 Å². The summed E-state index contributed by atoms with van der Waals surface area (Å²) >= 11 is 1.70. The molecule has 0 unspecified atom stereocenters. The number of carbonyl (C=O) groups is 1. The highest BCUT2D eigenvalue weighted by Crippen LogP contribution is 2.32. The number of aryl methyl sites for hydroxylation is 1. The van der Waals surface area contributed by atoms with Gasteiger partial charge in [-0.05, 0) is 48.6 Å². The third kappa shape index (κ3) is 4.62. The van der Waals surface area contributed by atoms with Gasteiger partial charge in [0.2, 0.25) is 5.60 Å². The Kier molecular flexibility index (Phi) is 6.07. The van der Waals surface area contributed by atoms with E-state index in [1.165, 1.54) is 16.5 Å². The number of hydrogen-bond acceptors (Lipinski definition) is 4. The molecule has 0 aromatic heterocycles. The number of ether oxygens (including phenoxy) is 1. The second kappa shape index (κ2) is 8.31. The van der Waals surface area contributed by atoms with E-state index in [2.05, 4.69) is 23.1 Å². The maximum absolute atomic E-state index is 14.1. The van der Waals surface area contributed by atoms with E-state index in [-0.39, 0.29) is 5.75 Å². The molecule has 0 bridgehead atoms. The van der Waals surface area contributed by atoms with Gasteiger partial charge in [-0.15, -0.1) is 11.8 Å². The zero-order chi connectivity index (χ0) is 19.4. The molecule has 6 heteroatoms. The van der Waals surface area contributed by atoms with Crippen molar-refractivity contribution in [3.8, 4) is 5.75 Å². The van der Waals surface area contributed by atoms with E-state index in [1.54, 1.807) is 23.9 Å². The summed E-state index contributed by atoms with van der Waals surface area (Å²) in [7, 11) is 0. The molecule has 2 aromatic carbocycles. The van der Waals surface area contributed by atoms with Gasteiger partial charge in [-0.2, -0.15) is 0 Å². The summed E-state index contributed by atoms with van der Waals surface area (Å²) in [6, 6.07) is 12.9. The Morgan fingerprint density at radius 3 is 2.67 bits per heavy atom. The number of thioether (sulfide) groups is 1. The molecule has 4 nitrogen and oxygen atoms in total. The van der Waals surface area contributed by atoms with Crippen LogP contribution in [0.4, 0.5) is 4.39 Å². The number of aliphatic carboxylic acids is 1. The van der Waals surface area contributed by atoms with Gasteiger partial charge in [-0.1, -0.05) is 18.2 Å². The fraction of sp³-hybridized carbons (Fsp3) is 0.381. The number of nitrogens with zero attached hydrogens (tertiary/aromatic N) is 1. The number of carboxylic acids is 1. The van der Waals surface area contributed by atoms with E-state index in [9.17, 15) is 14.3 Å². The second-order valence-electron chi connectivity index (χ2n) is 6.96. The van der Waals surface area contributed by atoms with Gasteiger partial charge in [0.25, 0.3) is 0 Å². The molecule has 144 valence electrons. The Labute approximate surface area is 163 Å². The van der Waals surface area contributed by atoms with Crippen molar-refractivity contribution >= 4 is 17.7 Å². The molecule has 0 atom stereocenters. The van der Waals surface area contributed by atoms with E-state index in [0.29, 0.717) is 25.9 Å². The molecule has 1 aliphatic heterocycles. The van der Waals surface area contributed by atoms with Crippen LogP contribution in [0.5, 0.6) is 5.75 Å². The van der Waals surface area contributed by atoms with Crippen LogP contribution in [0.15, 0.2) is 47.4 Å². The Hall–Kier alpha value is -2.05. The first kappa shape index (κ1) is 19.7. The normalized spacial score (nSPS) is 16.9. The Balaban J connectivity index is 1.69. The van der Waals surface area contributed by atoms with Crippen molar-refractivity contribution in [3.05, 3.63) is 59.4 Å². The van der Waals surface area contributed by atoms with Gasteiger partial charge >= 0.3 is 5.97 Å². The van der Waals surface area contributed by atoms with Crippen LogP contribution in [0.3, 0.4) is 0 Å². The lowest BCUT2D eigenvalue weighted by molar-refractivity contribution is -0.160. The lowest BCUT2D eigenvalue weighted by atomic mass is 9.90. The molecule has 0 saturated carbocycles. The smallest absolute Gasteiger partial charge is 0.348 e. The molecule has 0 amide bonds. The lowest BCUT2D eigenvalue weighted by Crippen LogP contribution is -2.53. The van der Waals surface area contributed by atoms with E-state index < -0.39 is 17.4 Å². The van der Waals surface area contributed by atoms with Crippen molar-refractivity contribution in [1.29, 1.82) is 0 Å². The van der Waals surface area contributed by atoms with Gasteiger partial charge in [0.05, 0.1) is 0 Å². The minimum atomic E-state index is -1.38. The number of rotatable bonds is 6. The monoisotopic (exact) mass is 389 g/mol. The van der Waals surface area contributed by atoms with Crippen molar-refractivity contribution in [1.82, 2.24) is 4.90 Å². The largest absolute Gasteiger partial charge is 0.478 e. The van der Waals surface area contributed by atoms with Crippen molar-refractivity contribution in [2.24, 2.45) is 0 Å². The summed E-state index contributed by atoms with van der Waals surface area (Å²) in [5, 5.41) is 9.79. The highest BCUT2D eigenvalue weighted by Gasteiger charge is 2.44. The van der Waals surface area contributed by atoms with Gasteiger partial charge in [0.1, 0.15) is 0 Å². The van der Waals surface area contributed by atoms with Crippen molar-refractivity contribution in [3.63, 3.8) is 0 Å². The summed E-state index contributed by atoms with van der Waals surface area (Å²) in [5.41, 5.74) is 0.653. The number of hydrogen-bond donors (Lipinski definition) is 1. The highest BCUT2D eigenvalue weighted by atomic mass is 32.2. The molecule has 1 saturated heterocycles. The minimum absolute atomic E-state index is 0.0125. The van der Waals surface area contributed by atoms with Crippen LogP contribution in [0.1, 0.15) is 24.0 Å². The van der Waals surface area contributed by atoms with Crippen LogP contribution in [-0.2, 0) is 11.3 Å². The minimum Gasteiger partial charge on any atom is -0.478 e. The topological polar surface area (TPSA) is 49.8 Å². The van der Waals surface area contributed by atoms with Gasteiger partial charge in [0.15, 0.2) is 11.6 Å². The first-order valence-electron chi connectivity index (χ1n) is 8.96. The zero-order valence-electron chi connectivity index (χ0n) is 15.6. The van der Waals surface area contributed by atoms with E-state index >= 15 is 0 Å². The fourth-order valence-electron chi connectivity index (χ4n) is 3.36. The highest BCUT2D eigenvalue weighted by molar-refractivity contribution is 7.98. The molecule has 1 N–H and O–H groups in total. The molecular weight excluding hydrogens is 365 g/mol.